The van der Waals surface area contributed by atoms with Crippen molar-refractivity contribution in [1.82, 2.24) is 4.90 Å². The van der Waals surface area contributed by atoms with Crippen molar-refractivity contribution in [1.29, 1.82) is 0 Å². The molecule has 0 radical (unpaired) electrons. The predicted octanol–water partition coefficient (Wildman–Crippen LogP) is 5.69. The number of ketones is 1. The molecule has 0 atom stereocenters. The van der Waals surface area contributed by atoms with Gasteiger partial charge in [0.2, 0.25) is 11.5 Å². The molecule has 192 valence electrons. The van der Waals surface area contributed by atoms with Crippen molar-refractivity contribution in [2.24, 2.45) is 0 Å². The van der Waals surface area contributed by atoms with E-state index in [0.29, 0.717) is 47.4 Å². The summed E-state index contributed by atoms with van der Waals surface area (Å²) in [6.45, 7) is 3.79. The van der Waals surface area contributed by atoms with E-state index in [1.807, 2.05) is 37.3 Å². The fourth-order valence-electron chi connectivity index (χ4n) is 4.69. The zero-order valence-electron chi connectivity index (χ0n) is 21.2. The lowest BCUT2D eigenvalue weighted by Crippen LogP contribution is -2.33. The van der Waals surface area contributed by atoms with E-state index in [0.717, 1.165) is 34.9 Å². The molecule has 0 aromatic heterocycles. The van der Waals surface area contributed by atoms with Crippen molar-refractivity contribution >= 4 is 23.5 Å². The van der Waals surface area contributed by atoms with Crippen molar-refractivity contribution in [2.45, 2.75) is 19.9 Å². The predicted molar refractivity (Wildman–Crippen MR) is 141 cm³/mol. The molecule has 37 heavy (non-hydrogen) atoms. The number of methoxy groups -OCH3 is 3. The number of hydrogen-bond acceptors (Lipinski definition) is 7. The average molecular weight is 522 g/mol. The second kappa shape index (κ2) is 10.4. The standard InChI is InChI=1S/C29H28ClNO6/c1-17-11-22-21(15-31(16-36-22)10-9-18-5-7-20(30)8-6-18)28-26(17)27(32)23(37-28)12-19-13-24(33-2)29(35-4)25(14-19)34-3/h5-8,11-14H,9-10,15-16H2,1-4H3/b23-12+. The molecule has 5 rings (SSSR count). The van der Waals surface area contributed by atoms with E-state index in [2.05, 4.69) is 4.90 Å². The van der Waals surface area contributed by atoms with Gasteiger partial charge in [-0.1, -0.05) is 23.7 Å². The lowest BCUT2D eigenvalue weighted by molar-refractivity contribution is 0.0949. The topological polar surface area (TPSA) is 66.5 Å². The Morgan fingerprint density at radius 2 is 1.73 bits per heavy atom. The summed E-state index contributed by atoms with van der Waals surface area (Å²) in [4.78, 5) is 15.6. The van der Waals surface area contributed by atoms with Crippen LogP contribution in [0.25, 0.3) is 6.08 Å². The number of Topliss-reactive ketones (excluding diaryl/α,β-unsaturated/α-hetero) is 1. The number of benzene rings is 3. The van der Waals surface area contributed by atoms with Crippen LogP contribution in [0.5, 0.6) is 28.7 Å². The number of carbonyl (C=O) groups excluding carboxylic acids is 1. The molecule has 0 bridgehead atoms. The third-order valence-corrected chi connectivity index (χ3v) is 6.85. The molecule has 3 aromatic carbocycles. The molecule has 0 aliphatic carbocycles. The monoisotopic (exact) mass is 521 g/mol. The van der Waals surface area contributed by atoms with E-state index in [1.54, 1.807) is 39.5 Å². The second-order valence-electron chi connectivity index (χ2n) is 8.98. The maximum absolute atomic E-state index is 13.4. The highest BCUT2D eigenvalue weighted by molar-refractivity contribution is 6.30. The first kappa shape index (κ1) is 25.0. The highest BCUT2D eigenvalue weighted by Crippen LogP contribution is 2.45. The normalized spacial score (nSPS) is 15.6. The summed E-state index contributed by atoms with van der Waals surface area (Å²) in [5.41, 5.74) is 4.16. The quantitative estimate of drug-likeness (QED) is 0.370. The SMILES string of the molecule is COc1cc(/C=C2/Oc3c4c(cc(C)c3C2=O)OCN(CCc2ccc(Cl)cc2)C4)cc(OC)c1OC. The minimum atomic E-state index is -0.165. The van der Waals surface area contributed by atoms with Crippen LogP contribution in [0, 0.1) is 6.92 Å². The average Bonchev–Trinajstić information content (AvgIpc) is 3.24. The number of halogens is 1. The lowest BCUT2D eigenvalue weighted by Gasteiger charge is -2.30. The summed E-state index contributed by atoms with van der Waals surface area (Å²) < 4.78 is 28.6. The van der Waals surface area contributed by atoms with Gasteiger partial charge in [0, 0.05) is 18.1 Å². The van der Waals surface area contributed by atoms with E-state index >= 15 is 0 Å². The first-order valence-corrected chi connectivity index (χ1v) is 12.3. The fourth-order valence-corrected chi connectivity index (χ4v) is 4.82. The number of nitrogens with zero attached hydrogens (tertiary/aromatic N) is 1. The van der Waals surface area contributed by atoms with Gasteiger partial charge in [0.05, 0.1) is 32.5 Å². The summed E-state index contributed by atoms with van der Waals surface area (Å²) >= 11 is 6.01. The summed E-state index contributed by atoms with van der Waals surface area (Å²) in [6.07, 6.45) is 2.55. The largest absolute Gasteiger partial charge is 0.493 e. The molecule has 2 heterocycles. The zero-order chi connectivity index (χ0) is 26.1. The molecule has 7 nitrogen and oxygen atoms in total. The molecule has 0 fully saturated rings. The summed E-state index contributed by atoms with van der Waals surface area (Å²) in [7, 11) is 4.65. The van der Waals surface area contributed by atoms with Gasteiger partial charge in [-0.05, 0) is 66.4 Å². The maximum Gasteiger partial charge on any atom is 0.232 e. The number of ether oxygens (including phenoxy) is 5. The fraction of sp³-hybridized carbons (Fsp3) is 0.276. The molecule has 0 N–H and O–H groups in total. The Labute approximate surface area is 221 Å². The van der Waals surface area contributed by atoms with Gasteiger partial charge in [-0.15, -0.1) is 0 Å². The number of allylic oxidation sites excluding steroid dienone is 1. The number of aryl methyl sites for hydroxylation is 1. The molecule has 8 heteroatoms. The van der Waals surface area contributed by atoms with Gasteiger partial charge in [-0.3, -0.25) is 9.69 Å². The smallest absolute Gasteiger partial charge is 0.232 e. The van der Waals surface area contributed by atoms with Crippen molar-refractivity contribution < 1.29 is 28.5 Å². The Balaban J connectivity index is 1.42. The Kier molecular flexibility index (Phi) is 7.00. The highest BCUT2D eigenvalue weighted by Gasteiger charge is 2.35. The molecule has 3 aromatic rings. The molecule has 0 amide bonds. The number of carbonyl (C=O) groups is 1. The van der Waals surface area contributed by atoms with Gasteiger partial charge in [-0.25, -0.2) is 0 Å². The minimum Gasteiger partial charge on any atom is -0.493 e. The Hall–Kier alpha value is -3.68. The van der Waals surface area contributed by atoms with Crippen LogP contribution in [-0.4, -0.2) is 45.3 Å². The van der Waals surface area contributed by atoms with Gasteiger partial charge < -0.3 is 23.7 Å². The maximum atomic E-state index is 13.4. The van der Waals surface area contributed by atoms with E-state index in [-0.39, 0.29) is 11.5 Å². The van der Waals surface area contributed by atoms with E-state index < -0.39 is 0 Å². The minimum absolute atomic E-state index is 0.165. The van der Waals surface area contributed by atoms with Gasteiger partial charge in [-0.2, -0.15) is 0 Å². The summed E-state index contributed by atoms with van der Waals surface area (Å²) in [6, 6.07) is 13.3. The first-order valence-electron chi connectivity index (χ1n) is 11.9. The van der Waals surface area contributed by atoms with Crippen LogP contribution in [0.2, 0.25) is 5.02 Å². The lowest BCUT2D eigenvalue weighted by atomic mass is 9.98. The summed E-state index contributed by atoms with van der Waals surface area (Å²) in [5.74, 6) is 2.86. The molecular formula is C29H28ClNO6. The molecule has 0 saturated carbocycles. The van der Waals surface area contributed by atoms with Gasteiger partial charge in [0.25, 0.3) is 0 Å². The second-order valence-corrected chi connectivity index (χ2v) is 9.41. The van der Waals surface area contributed by atoms with Gasteiger partial charge in [0.15, 0.2) is 17.3 Å². The summed E-state index contributed by atoms with van der Waals surface area (Å²) in [5, 5.41) is 0.724. The molecule has 0 spiro atoms. The molecule has 0 saturated heterocycles. The van der Waals surface area contributed by atoms with Crippen molar-refractivity contribution in [3.63, 3.8) is 0 Å². The Bertz CT molecular complexity index is 1360. The number of rotatable bonds is 7. The van der Waals surface area contributed by atoms with Crippen LogP contribution in [0.3, 0.4) is 0 Å². The van der Waals surface area contributed by atoms with Gasteiger partial charge in [0.1, 0.15) is 18.2 Å². The van der Waals surface area contributed by atoms with E-state index in [4.69, 9.17) is 35.3 Å². The molecule has 2 aliphatic heterocycles. The van der Waals surface area contributed by atoms with Crippen molar-refractivity contribution in [3.8, 4) is 28.7 Å². The van der Waals surface area contributed by atoms with Gasteiger partial charge >= 0.3 is 0 Å². The third-order valence-electron chi connectivity index (χ3n) is 6.60. The Morgan fingerprint density at radius 3 is 2.38 bits per heavy atom. The third kappa shape index (κ3) is 4.84. The molecular weight excluding hydrogens is 494 g/mol. The molecule has 2 aliphatic rings. The highest BCUT2D eigenvalue weighted by atomic mass is 35.5. The number of hydrogen-bond donors (Lipinski definition) is 0. The Morgan fingerprint density at radius 1 is 1.03 bits per heavy atom. The van der Waals surface area contributed by atoms with Crippen LogP contribution in [0.4, 0.5) is 0 Å². The van der Waals surface area contributed by atoms with E-state index in [9.17, 15) is 4.79 Å². The van der Waals surface area contributed by atoms with Crippen molar-refractivity contribution in [3.05, 3.63) is 81.1 Å². The van der Waals surface area contributed by atoms with E-state index in [1.165, 1.54) is 5.56 Å². The first-order chi connectivity index (χ1) is 17.9. The van der Waals surface area contributed by atoms with Crippen LogP contribution in [-0.2, 0) is 13.0 Å². The van der Waals surface area contributed by atoms with Crippen LogP contribution >= 0.6 is 11.6 Å². The van der Waals surface area contributed by atoms with Crippen molar-refractivity contribution in [2.75, 3.05) is 34.6 Å². The van der Waals surface area contributed by atoms with Crippen LogP contribution < -0.4 is 23.7 Å². The van der Waals surface area contributed by atoms with Crippen LogP contribution in [0.15, 0.2) is 48.2 Å². The molecule has 0 unspecified atom stereocenters. The zero-order valence-corrected chi connectivity index (χ0v) is 22.0. The van der Waals surface area contributed by atoms with Crippen LogP contribution in [0.1, 0.15) is 32.6 Å². The number of fused-ring (bicyclic) bond motifs is 3.